The minimum absolute atomic E-state index is 0.532. The molecule has 0 amide bonds. The molecular weight excluding hydrogens is 200 g/mol. The topological polar surface area (TPSA) is 35.8 Å². The molecule has 0 spiro atoms. The number of rotatable bonds is 2. The van der Waals surface area contributed by atoms with Crippen molar-refractivity contribution in [1.29, 1.82) is 0 Å². The number of nitrogens with zero attached hydrogens (tertiary/aromatic N) is 2. The summed E-state index contributed by atoms with van der Waals surface area (Å²) in [6.45, 7) is 1.06. The predicted octanol–water partition coefficient (Wildman–Crippen LogP) is 2.06. The van der Waals surface area contributed by atoms with Crippen LogP contribution in [0, 0.1) is 29.6 Å². The smallest absolute Gasteiger partial charge is 0.0651 e. The van der Waals surface area contributed by atoms with Gasteiger partial charge in [0, 0.05) is 18.4 Å². The van der Waals surface area contributed by atoms with Gasteiger partial charge in [0.05, 0.1) is 5.71 Å². The van der Waals surface area contributed by atoms with Crippen molar-refractivity contribution in [2.24, 2.45) is 34.7 Å². The zero-order chi connectivity index (χ0) is 11.3. The number of hydrogen-bond donors (Lipinski definition) is 1. The van der Waals surface area contributed by atoms with Gasteiger partial charge >= 0.3 is 0 Å². The van der Waals surface area contributed by atoms with Crippen molar-refractivity contribution in [3.8, 4) is 0 Å². The molecular formula is C13H22N2O. The van der Waals surface area contributed by atoms with Gasteiger partial charge < -0.3 is 10.1 Å². The molecule has 16 heavy (non-hydrogen) atoms. The Labute approximate surface area is 97.5 Å². The molecule has 1 N–H and O–H groups in total. The molecule has 3 nitrogen and oxygen atoms in total. The van der Waals surface area contributed by atoms with Gasteiger partial charge in [-0.15, -0.1) is 0 Å². The van der Waals surface area contributed by atoms with E-state index in [0.717, 1.165) is 30.0 Å². The second-order valence-corrected chi connectivity index (χ2v) is 6.16. The summed E-state index contributed by atoms with van der Waals surface area (Å²) < 4.78 is 0. The van der Waals surface area contributed by atoms with Crippen molar-refractivity contribution in [3.05, 3.63) is 0 Å². The normalized spacial score (nSPS) is 48.2. The molecule has 0 aromatic rings. The lowest BCUT2D eigenvalue weighted by Gasteiger charge is -2.33. The standard InChI is InChI=1S/C13H22N2O/c1-15(2)7-12-10-6-11(13(12)14-16)9-5-3-4-8(9)10/h8-12,16H,3-7H2,1-2H3/b14-13+/t8-,9+,10-,11+,12-/m1/s1. The maximum atomic E-state index is 9.26. The van der Waals surface area contributed by atoms with Gasteiger partial charge in [0.25, 0.3) is 0 Å². The van der Waals surface area contributed by atoms with E-state index in [1.165, 1.54) is 25.7 Å². The minimum Gasteiger partial charge on any atom is -0.411 e. The predicted molar refractivity (Wildman–Crippen MR) is 63.7 cm³/mol. The van der Waals surface area contributed by atoms with Gasteiger partial charge in [-0.1, -0.05) is 11.6 Å². The van der Waals surface area contributed by atoms with Crippen LogP contribution in [0.15, 0.2) is 5.16 Å². The monoisotopic (exact) mass is 222 g/mol. The highest BCUT2D eigenvalue weighted by Gasteiger charge is 2.57. The third-order valence-electron chi connectivity index (χ3n) is 5.17. The van der Waals surface area contributed by atoms with Crippen molar-refractivity contribution in [1.82, 2.24) is 4.90 Å². The van der Waals surface area contributed by atoms with Crippen LogP contribution in [0.4, 0.5) is 0 Å². The van der Waals surface area contributed by atoms with Crippen LogP contribution in [-0.2, 0) is 0 Å². The molecule has 0 aromatic heterocycles. The summed E-state index contributed by atoms with van der Waals surface area (Å²) >= 11 is 0. The number of hydrogen-bond acceptors (Lipinski definition) is 3. The van der Waals surface area contributed by atoms with Crippen LogP contribution in [-0.4, -0.2) is 36.5 Å². The Morgan fingerprint density at radius 2 is 2.00 bits per heavy atom. The number of fused-ring (bicyclic) bond motifs is 5. The SMILES string of the molecule is CN(C)C[C@H]1/C(=N/O)[C@H]2C[C@@H]1[C@@H]1CCC[C@@H]12. The molecule has 0 aliphatic heterocycles. The van der Waals surface area contributed by atoms with Crippen molar-refractivity contribution in [2.75, 3.05) is 20.6 Å². The molecule has 3 heteroatoms. The highest BCUT2D eigenvalue weighted by molar-refractivity contribution is 5.92. The van der Waals surface area contributed by atoms with E-state index in [0.29, 0.717) is 11.8 Å². The minimum atomic E-state index is 0.532. The molecule has 0 unspecified atom stereocenters. The van der Waals surface area contributed by atoms with E-state index in [2.05, 4.69) is 24.2 Å². The first kappa shape index (κ1) is 10.6. The van der Waals surface area contributed by atoms with Crippen LogP contribution < -0.4 is 0 Å². The van der Waals surface area contributed by atoms with Crippen molar-refractivity contribution >= 4 is 5.71 Å². The molecule has 2 bridgehead atoms. The van der Waals surface area contributed by atoms with Crippen molar-refractivity contribution in [2.45, 2.75) is 25.7 Å². The summed E-state index contributed by atoms with van der Waals surface area (Å²) in [5.41, 5.74) is 1.13. The van der Waals surface area contributed by atoms with E-state index in [1.54, 1.807) is 0 Å². The van der Waals surface area contributed by atoms with E-state index in [1.807, 2.05) is 0 Å². The number of oxime groups is 1. The van der Waals surface area contributed by atoms with E-state index >= 15 is 0 Å². The van der Waals surface area contributed by atoms with Gasteiger partial charge in [-0.25, -0.2) is 0 Å². The summed E-state index contributed by atoms with van der Waals surface area (Å²) in [7, 11) is 4.24. The van der Waals surface area contributed by atoms with E-state index < -0.39 is 0 Å². The van der Waals surface area contributed by atoms with Crippen LogP contribution in [0.5, 0.6) is 0 Å². The average Bonchev–Trinajstić information content (AvgIpc) is 2.84. The Hall–Kier alpha value is -0.570. The summed E-state index contributed by atoms with van der Waals surface area (Å²) in [5, 5.41) is 12.9. The van der Waals surface area contributed by atoms with Gasteiger partial charge in [0.1, 0.15) is 0 Å². The maximum Gasteiger partial charge on any atom is 0.0651 e. The first-order valence-corrected chi connectivity index (χ1v) is 6.59. The summed E-state index contributed by atoms with van der Waals surface area (Å²) in [5.74, 6) is 3.76. The van der Waals surface area contributed by atoms with Crippen LogP contribution in [0.2, 0.25) is 0 Å². The third kappa shape index (κ3) is 1.33. The van der Waals surface area contributed by atoms with E-state index in [4.69, 9.17) is 0 Å². The molecule has 0 radical (unpaired) electrons. The summed E-state index contributed by atoms with van der Waals surface area (Å²) in [4.78, 5) is 2.24. The molecule has 0 heterocycles. The van der Waals surface area contributed by atoms with Gasteiger partial charge in [0.2, 0.25) is 0 Å². The second-order valence-electron chi connectivity index (χ2n) is 6.16. The second kappa shape index (κ2) is 3.73. The molecule has 0 saturated heterocycles. The van der Waals surface area contributed by atoms with Crippen molar-refractivity contribution in [3.63, 3.8) is 0 Å². The quantitative estimate of drug-likeness (QED) is 0.573. The molecule has 0 aromatic carbocycles. The molecule has 3 aliphatic carbocycles. The lowest BCUT2D eigenvalue weighted by atomic mass is 9.74. The van der Waals surface area contributed by atoms with Crippen LogP contribution in [0.3, 0.4) is 0 Å². The Morgan fingerprint density at radius 3 is 2.69 bits per heavy atom. The fraction of sp³-hybridized carbons (Fsp3) is 0.923. The van der Waals surface area contributed by atoms with Crippen LogP contribution in [0.25, 0.3) is 0 Å². The summed E-state index contributed by atoms with van der Waals surface area (Å²) in [6, 6.07) is 0. The molecule has 5 atom stereocenters. The zero-order valence-corrected chi connectivity index (χ0v) is 10.3. The lowest BCUT2D eigenvalue weighted by molar-refractivity contribution is 0.224. The third-order valence-corrected chi connectivity index (χ3v) is 5.17. The first-order chi connectivity index (χ1) is 7.72. The highest BCUT2D eigenvalue weighted by atomic mass is 16.4. The fourth-order valence-corrected chi connectivity index (χ4v) is 4.76. The van der Waals surface area contributed by atoms with Gasteiger partial charge in [-0.2, -0.15) is 0 Å². The fourth-order valence-electron chi connectivity index (χ4n) is 4.76. The van der Waals surface area contributed by atoms with E-state index in [-0.39, 0.29) is 0 Å². The molecule has 3 aliphatic rings. The molecule has 3 saturated carbocycles. The van der Waals surface area contributed by atoms with Gasteiger partial charge in [-0.05, 0) is 51.1 Å². The van der Waals surface area contributed by atoms with E-state index in [9.17, 15) is 5.21 Å². The largest absolute Gasteiger partial charge is 0.411 e. The van der Waals surface area contributed by atoms with Crippen LogP contribution >= 0.6 is 0 Å². The molecule has 3 fully saturated rings. The highest BCUT2D eigenvalue weighted by Crippen LogP contribution is 2.59. The molecule has 3 rings (SSSR count). The lowest BCUT2D eigenvalue weighted by Crippen LogP contribution is -2.38. The maximum absolute atomic E-state index is 9.26. The first-order valence-electron chi connectivity index (χ1n) is 6.59. The Kier molecular flexibility index (Phi) is 2.46. The molecule has 90 valence electrons. The summed E-state index contributed by atoms with van der Waals surface area (Å²) in [6.07, 6.45) is 5.50. The average molecular weight is 222 g/mol. The van der Waals surface area contributed by atoms with Crippen LogP contribution in [0.1, 0.15) is 25.7 Å². The van der Waals surface area contributed by atoms with Gasteiger partial charge in [0.15, 0.2) is 0 Å². The Balaban J connectivity index is 1.85. The van der Waals surface area contributed by atoms with Gasteiger partial charge in [-0.3, -0.25) is 0 Å². The Morgan fingerprint density at radius 1 is 1.25 bits per heavy atom. The zero-order valence-electron chi connectivity index (χ0n) is 10.3. The Bertz CT molecular complexity index is 313. The van der Waals surface area contributed by atoms with Crippen molar-refractivity contribution < 1.29 is 5.21 Å².